The number of pyridine rings is 1. The maximum absolute atomic E-state index is 5.07. The van der Waals surface area contributed by atoms with Crippen LogP contribution in [0.4, 0.5) is 0 Å². The molecule has 0 N–H and O–H groups in total. The van der Waals surface area contributed by atoms with Crippen LogP contribution in [0.1, 0.15) is 41.8 Å². The van der Waals surface area contributed by atoms with Crippen molar-refractivity contribution in [1.29, 1.82) is 0 Å². The van der Waals surface area contributed by atoms with E-state index in [1.165, 1.54) is 0 Å². The molecule has 144 valence electrons. The summed E-state index contributed by atoms with van der Waals surface area (Å²) in [4.78, 5) is 18.8. The Labute approximate surface area is 167 Å². The third-order valence-electron chi connectivity index (χ3n) is 6.37. The SMILES string of the molecule is Cc1ncc(C)n2nc(C3C(C)C3c3nc4c5cccnc5ccc4n3C)nc12. The Hall–Kier alpha value is -3.35. The smallest absolute Gasteiger partial charge is 0.177 e. The van der Waals surface area contributed by atoms with Gasteiger partial charge in [-0.15, -0.1) is 0 Å². The molecule has 1 aliphatic rings. The summed E-state index contributed by atoms with van der Waals surface area (Å²) in [7, 11) is 2.10. The van der Waals surface area contributed by atoms with Gasteiger partial charge in [-0.3, -0.25) is 9.97 Å². The second-order valence-electron chi connectivity index (χ2n) is 8.13. The summed E-state index contributed by atoms with van der Waals surface area (Å²) >= 11 is 0. The number of aryl methyl sites for hydroxylation is 3. The van der Waals surface area contributed by atoms with E-state index in [1.54, 1.807) is 0 Å². The Morgan fingerprint density at radius 3 is 2.69 bits per heavy atom. The third kappa shape index (κ3) is 2.21. The second kappa shape index (κ2) is 5.59. The Balaban J connectivity index is 1.47. The van der Waals surface area contributed by atoms with E-state index in [4.69, 9.17) is 15.1 Å². The Bertz CT molecular complexity index is 1390. The highest BCUT2D eigenvalue weighted by molar-refractivity contribution is 6.02. The van der Waals surface area contributed by atoms with Crippen molar-refractivity contribution in [3.63, 3.8) is 0 Å². The lowest BCUT2D eigenvalue weighted by atomic mass is 10.2. The highest BCUT2D eigenvalue weighted by Gasteiger charge is 2.53. The molecular formula is C22H21N7. The van der Waals surface area contributed by atoms with Crippen molar-refractivity contribution in [2.75, 3.05) is 0 Å². The molecule has 0 amide bonds. The average Bonchev–Trinajstić information content (AvgIpc) is 3.06. The van der Waals surface area contributed by atoms with E-state index in [9.17, 15) is 0 Å². The van der Waals surface area contributed by atoms with Crippen molar-refractivity contribution >= 4 is 27.6 Å². The van der Waals surface area contributed by atoms with Crippen molar-refractivity contribution in [1.82, 2.24) is 34.1 Å². The number of nitrogens with zero attached hydrogens (tertiary/aromatic N) is 7. The lowest BCUT2D eigenvalue weighted by Gasteiger charge is -2.01. The molecule has 0 bridgehead atoms. The maximum Gasteiger partial charge on any atom is 0.177 e. The molecule has 0 spiro atoms. The first-order valence-corrected chi connectivity index (χ1v) is 9.93. The molecule has 1 aromatic carbocycles. The first-order valence-electron chi connectivity index (χ1n) is 9.93. The zero-order chi connectivity index (χ0) is 19.9. The molecule has 4 aromatic heterocycles. The largest absolute Gasteiger partial charge is 0.331 e. The minimum Gasteiger partial charge on any atom is -0.331 e. The van der Waals surface area contributed by atoms with Crippen molar-refractivity contribution in [3.05, 3.63) is 59.7 Å². The summed E-state index contributed by atoms with van der Waals surface area (Å²) < 4.78 is 4.13. The fourth-order valence-electron chi connectivity index (χ4n) is 4.63. The van der Waals surface area contributed by atoms with Gasteiger partial charge >= 0.3 is 0 Å². The summed E-state index contributed by atoms with van der Waals surface area (Å²) in [5, 5.41) is 5.91. The van der Waals surface area contributed by atoms with Gasteiger partial charge in [0.2, 0.25) is 0 Å². The van der Waals surface area contributed by atoms with E-state index in [-0.39, 0.29) is 5.92 Å². The first-order chi connectivity index (χ1) is 14.0. The quantitative estimate of drug-likeness (QED) is 0.465. The summed E-state index contributed by atoms with van der Waals surface area (Å²) in [6, 6.07) is 8.25. The fraction of sp³-hybridized carbons (Fsp3) is 0.318. The molecule has 6 rings (SSSR count). The monoisotopic (exact) mass is 383 g/mol. The van der Waals surface area contributed by atoms with Gasteiger partial charge in [0.05, 0.1) is 27.9 Å². The molecule has 7 heteroatoms. The molecule has 1 aliphatic carbocycles. The predicted molar refractivity (Wildman–Crippen MR) is 111 cm³/mol. The number of fused-ring (bicyclic) bond motifs is 4. The van der Waals surface area contributed by atoms with Gasteiger partial charge in [-0.25, -0.2) is 14.5 Å². The molecule has 3 unspecified atom stereocenters. The van der Waals surface area contributed by atoms with E-state index >= 15 is 0 Å². The zero-order valence-electron chi connectivity index (χ0n) is 16.8. The van der Waals surface area contributed by atoms with Crippen molar-refractivity contribution in [3.8, 4) is 0 Å². The highest BCUT2D eigenvalue weighted by atomic mass is 15.3. The first kappa shape index (κ1) is 16.6. The van der Waals surface area contributed by atoms with Crippen molar-refractivity contribution < 1.29 is 0 Å². The average molecular weight is 383 g/mol. The lowest BCUT2D eigenvalue weighted by Crippen LogP contribution is -1.98. The van der Waals surface area contributed by atoms with Gasteiger partial charge in [0, 0.05) is 36.7 Å². The number of imidazole rings is 1. The van der Waals surface area contributed by atoms with Crippen molar-refractivity contribution in [2.24, 2.45) is 13.0 Å². The zero-order valence-corrected chi connectivity index (χ0v) is 16.8. The maximum atomic E-state index is 5.07. The lowest BCUT2D eigenvalue weighted by molar-refractivity contribution is 0.774. The van der Waals surface area contributed by atoms with Crippen LogP contribution in [0.5, 0.6) is 0 Å². The Kier molecular flexibility index (Phi) is 3.20. The molecule has 5 aromatic rings. The molecular weight excluding hydrogens is 362 g/mol. The number of benzene rings is 1. The molecule has 1 saturated carbocycles. The number of hydrogen-bond donors (Lipinski definition) is 0. The molecule has 0 radical (unpaired) electrons. The van der Waals surface area contributed by atoms with Crippen LogP contribution in [-0.4, -0.2) is 34.1 Å². The van der Waals surface area contributed by atoms with Crippen LogP contribution in [0, 0.1) is 19.8 Å². The molecule has 0 aliphatic heterocycles. The van der Waals surface area contributed by atoms with Gasteiger partial charge < -0.3 is 4.57 Å². The Morgan fingerprint density at radius 2 is 1.86 bits per heavy atom. The minimum absolute atomic E-state index is 0.272. The summed E-state index contributed by atoms with van der Waals surface area (Å²) in [5.41, 5.74) is 5.88. The molecule has 0 saturated heterocycles. The highest BCUT2D eigenvalue weighted by Crippen LogP contribution is 2.59. The summed E-state index contributed by atoms with van der Waals surface area (Å²) in [6.45, 7) is 6.25. The van der Waals surface area contributed by atoms with Gasteiger partial charge in [-0.2, -0.15) is 5.10 Å². The van der Waals surface area contributed by atoms with Crippen LogP contribution in [-0.2, 0) is 7.05 Å². The van der Waals surface area contributed by atoms with Gasteiger partial charge in [-0.1, -0.05) is 6.92 Å². The number of hydrogen-bond acceptors (Lipinski definition) is 5. The fourth-order valence-corrected chi connectivity index (χ4v) is 4.63. The number of rotatable bonds is 2. The molecule has 7 nitrogen and oxygen atoms in total. The molecule has 1 fully saturated rings. The van der Waals surface area contributed by atoms with Crippen LogP contribution in [0.25, 0.3) is 27.6 Å². The molecule has 4 heterocycles. The van der Waals surface area contributed by atoms with Gasteiger partial charge in [0.25, 0.3) is 0 Å². The van der Waals surface area contributed by atoms with Crippen LogP contribution in [0.15, 0.2) is 36.7 Å². The van der Waals surface area contributed by atoms with E-state index in [2.05, 4.69) is 46.7 Å². The van der Waals surface area contributed by atoms with Crippen molar-refractivity contribution in [2.45, 2.75) is 32.6 Å². The van der Waals surface area contributed by atoms with E-state index < -0.39 is 0 Å². The normalized spacial score (nSPS) is 21.4. The molecule has 3 atom stereocenters. The number of aromatic nitrogens is 7. The van der Waals surface area contributed by atoms with Gasteiger partial charge in [0.1, 0.15) is 5.82 Å². The second-order valence-corrected chi connectivity index (χ2v) is 8.13. The van der Waals surface area contributed by atoms with Crippen LogP contribution >= 0.6 is 0 Å². The van der Waals surface area contributed by atoms with Crippen LogP contribution < -0.4 is 0 Å². The third-order valence-corrected chi connectivity index (χ3v) is 6.37. The van der Waals surface area contributed by atoms with Gasteiger partial charge in [-0.05, 0) is 44.0 Å². The summed E-state index contributed by atoms with van der Waals surface area (Å²) in [5.74, 6) is 3.01. The predicted octanol–water partition coefficient (Wildman–Crippen LogP) is 3.69. The minimum atomic E-state index is 0.272. The topological polar surface area (TPSA) is 73.8 Å². The standard InChI is InChI=1S/C22H21N7/c1-11-10-24-13(3)21-26-20(27-29(11)21)17-12(2)18(17)22-25-19-14-6-5-9-23-15(14)7-8-16(19)28(22)4/h5-10,12,17-18H,1-4H3. The van der Waals surface area contributed by atoms with E-state index in [0.717, 1.165) is 50.6 Å². The summed E-state index contributed by atoms with van der Waals surface area (Å²) in [6.07, 6.45) is 3.67. The van der Waals surface area contributed by atoms with E-state index in [0.29, 0.717) is 11.8 Å². The van der Waals surface area contributed by atoms with E-state index in [1.807, 2.05) is 36.8 Å². The van der Waals surface area contributed by atoms with Gasteiger partial charge in [0.15, 0.2) is 11.5 Å². The Morgan fingerprint density at radius 1 is 1.00 bits per heavy atom. The van der Waals surface area contributed by atoms with Crippen LogP contribution in [0.2, 0.25) is 0 Å². The molecule has 29 heavy (non-hydrogen) atoms. The van der Waals surface area contributed by atoms with Crippen LogP contribution in [0.3, 0.4) is 0 Å².